The first-order chi connectivity index (χ1) is 9.09. The Morgan fingerprint density at radius 1 is 1.16 bits per heavy atom. The molecule has 19 heavy (non-hydrogen) atoms. The maximum absolute atomic E-state index is 12.3. The monoisotopic (exact) mass is 316 g/mol. The van der Waals surface area contributed by atoms with Gasteiger partial charge < -0.3 is 0 Å². The van der Waals surface area contributed by atoms with Crippen LogP contribution in [0.1, 0.15) is 26.4 Å². The number of hydrogen-bond donors (Lipinski definition) is 0. The second-order valence-electron chi connectivity index (χ2n) is 4.28. The smallest absolute Gasteiger partial charge is 0.268 e. The minimum Gasteiger partial charge on any atom is -0.268 e. The highest BCUT2D eigenvalue weighted by atomic mass is 79.9. The summed E-state index contributed by atoms with van der Waals surface area (Å²) in [5.74, 6) is -0.690. The average molecular weight is 317 g/mol. The number of benzene rings is 1. The number of carbonyl (C=O) groups is 2. The van der Waals surface area contributed by atoms with E-state index in [1.165, 1.54) is 11.1 Å². The van der Waals surface area contributed by atoms with Crippen molar-refractivity contribution in [3.8, 4) is 0 Å². The van der Waals surface area contributed by atoms with Gasteiger partial charge in [0.2, 0.25) is 0 Å². The molecule has 2 amide bonds. The summed E-state index contributed by atoms with van der Waals surface area (Å²) in [5, 5.41) is 0. The Labute approximate surface area is 118 Å². The lowest BCUT2D eigenvalue weighted by molar-refractivity contribution is 0.0924. The molecule has 1 aromatic carbocycles. The minimum absolute atomic E-state index is 0.217. The van der Waals surface area contributed by atoms with E-state index in [-0.39, 0.29) is 17.5 Å². The summed E-state index contributed by atoms with van der Waals surface area (Å²) >= 11 is 3.36. The van der Waals surface area contributed by atoms with Crippen LogP contribution >= 0.6 is 15.9 Å². The largest absolute Gasteiger partial charge is 0.284 e. The van der Waals surface area contributed by atoms with Gasteiger partial charge >= 0.3 is 0 Å². The molecule has 0 fully saturated rings. The van der Waals surface area contributed by atoms with Crippen LogP contribution < -0.4 is 4.90 Å². The first-order valence-electron chi connectivity index (χ1n) is 5.69. The molecule has 2 heterocycles. The molecule has 5 heteroatoms. The second kappa shape index (κ2) is 4.28. The number of rotatable bonds is 1. The maximum Gasteiger partial charge on any atom is 0.284 e. The molecule has 0 bridgehead atoms. The lowest BCUT2D eigenvalue weighted by Gasteiger charge is -2.16. The van der Waals surface area contributed by atoms with Crippen molar-refractivity contribution in [2.45, 2.75) is 6.92 Å². The molecule has 3 rings (SSSR count). The Bertz CT molecular complexity index is 677. The van der Waals surface area contributed by atoms with Gasteiger partial charge in [0.1, 0.15) is 5.69 Å². The van der Waals surface area contributed by atoms with Gasteiger partial charge in [-0.15, -0.1) is 0 Å². The van der Waals surface area contributed by atoms with E-state index in [0.717, 1.165) is 10.0 Å². The Hall–Kier alpha value is -2.01. The number of aromatic nitrogens is 1. The number of fused-ring (bicyclic) bond motifs is 1. The predicted molar refractivity (Wildman–Crippen MR) is 74.3 cm³/mol. The highest BCUT2D eigenvalue weighted by Crippen LogP contribution is 2.30. The lowest BCUT2D eigenvalue weighted by Crippen LogP contribution is -2.30. The number of halogens is 1. The normalized spacial score (nSPS) is 13.9. The summed E-state index contributed by atoms with van der Waals surface area (Å²) in [4.78, 5) is 29.7. The molecule has 0 radical (unpaired) electrons. The van der Waals surface area contributed by atoms with E-state index in [2.05, 4.69) is 20.9 Å². The Balaban J connectivity index is 2.14. The van der Waals surface area contributed by atoms with Crippen LogP contribution in [0.4, 0.5) is 5.69 Å². The molecule has 1 aliphatic heterocycles. The first kappa shape index (κ1) is 12.0. The third-order valence-electron chi connectivity index (χ3n) is 3.05. The summed E-state index contributed by atoms with van der Waals surface area (Å²) in [6.07, 6.45) is 1.52. The number of carbonyl (C=O) groups excluding carboxylic acids is 2. The van der Waals surface area contributed by atoms with Crippen LogP contribution in [0.15, 0.2) is 41.0 Å². The van der Waals surface area contributed by atoms with Crippen LogP contribution in [-0.4, -0.2) is 16.8 Å². The first-order valence-corrected chi connectivity index (χ1v) is 6.49. The van der Waals surface area contributed by atoms with Crippen LogP contribution in [0.5, 0.6) is 0 Å². The molecule has 94 valence electrons. The zero-order valence-electron chi connectivity index (χ0n) is 10.1. The molecular formula is C14H9BrN2O2. The van der Waals surface area contributed by atoms with Gasteiger partial charge in [0.05, 0.1) is 11.3 Å². The number of hydrogen-bond acceptors (Lipinski definition) is 3. The van der Waals surface area contributed by atoms with Crippen molar-refractivity contribution in [1.82, 2.24) is 4.98 Å². The van der Waals surface area contributed by atoms with E-state index < -0.39 is 0 Å². The topological polar surface area (TPSA) is 50.3 Å². The SMILES string of the molecule is Cc1cc(Br)ccc1N1C(=O)c2cccnc2C1=O. The number of imide groups is 1. The zero-order chi connectivity index (χ0) is 13.6. The van der Waals surface area contributed by atoms with E-state index >= 15 is 0 Å². The third kappa shape index (κ3) is 1.77. The zero-order valence-corrected chi connectivity index (χ0v) is 11.6. The van der Waals surface area contributed by atoms with Crippen LogP contribution in [-0.2, 0) is 0 Å². The van der Waals surface area contributed by atoms with E-state index in [1.807, 2.05) is 13.0 Å². The molecule has 0 spiro atoms. The molecule has 0 N–H and O–H groups in total. The van der Waals surface area contributed by atoms with E-state index in [1.54, 1.807) is 24.3 Å². The van der Waals surface area contributed by atoms with Crippen molar-refractivity contribution in [2.24, 2.45) is 0 Å². The summed E-state index contributed by atoms with van der Waals surface area (Å²) in [6, 6.07) is 8.70. The van der Waals surface area contributed by atoms with Gasteiger partial charge in [-0.3, -0.25) is 14.6 Å². The van der Waals surface area contributed by atoms with Gasteiger partial charge in [0, 0.05) is 10.7 Å². The van der Waals surface area contributed by atoms with Crippen LogP contribution in [0.3, 0.4) is 0 Å². The van der Waals surface area contributed by atoms with Gasteiger partial charge in [-0.2, -0.15) is 0 Å². The van der Waals surface area contributed by atoms with Crippen molar-refractivity contribution in [2.75, 3.05) is 4.90 Å². The summed E-state index contributed by atoms with van der Waals surface area (Å²) < 4.78 is 0.906. The molecule has 4 nitrogen and oxygen atoms in total. The molecular weight excluding hydrogens is 308 g/mol. The molecule has 2 aromatic rings. The number of amides is 2. The van der Waals surface area contributed by atoms with Gasteiger partial charge in [-0.1, -0.05) is 15.9 Å². The highest BCUT2D eigenvalue weighted by molar-refractivity contribution is 9.10. The number of anilines is 1. The molecule has 1 aliphatic rings. The predicted octanol–water partition coefficient (Wildman–Crippen LogP) is 2.95. The van der Waals surface area contributed by atoms with Crippen molar-refractivity contribution in [3.05, 3.63) is 57.8 Å². The van der Waals surface area contributed by atoms with Gasteiger partial charge in [0.25, 0.3) is 11.8 Å². The molecule has 0 unspecified atom stereocenters. The third-order valence-corrected chi connectivity index (χ3v) is 3.54. The van der Waals surface area contributed by atoms with Crippen molar-refractivity contribution >= 4 is 33.4 Å². The van der Waals surface area contributed by atoms with E-state index in [4.69, 9.17) is 0 Å². The molecule has 1 aromatic heterocycles. The lowest BCUT2D eigenvalue weighted by atomic mass is 10.2. The van der Waals surface area contributed by atoms with Gasteiger partial charge in [-0.05, 0) is 42.8 Å². The Morgan fingerprint density at radius 3 is 2.63 bits per heavy atom. The average Bonchev–Trinajstić information content (AvgIpc) is 2.64. The fraction of sp³-hybridized carbons (Fsp3) is 0.0714. The Kier molecular flexibility index (Phi) is 2.71. The van der Waals surface area contributed by atoms with Crippen LogP contribution in [0, 0.1) is 6.92 Å². The van der Waals surface area contributed by atoms with Crippen molar-refractivity contribution in [3.63, 3.8) is 0 Å². The van der Waals surface area contributed by atoms with Gasteiger partial charge in [0.15, 0.2) is 0 Å². The molecule has 0 saturated carbocycles. The standard InChI is InChI=1S/C14H9BrN2O2/c1-8-7-9(15)4-5-11(8)17-13(18)10-3-2-6-16-12(10)14(17)19/h2-7H,1H3. The van der Waals surface area contributed by atoms with Crippen LogP contribution in [0.25, 0.3) is 0 Å². The summed E-state index contributed by atoms with van der Waals surface area (Å²) in [5.41, 5.74) is 2.02. The summed E-state index contributed by atoms with van der Waals surface area (Å²) in [7, 11) is 0. The van der Waals surface area contributed by atoms with Crippen molar-refractivity contribution < 1.29 is 9.59 Å². The fourth-order valence-electron chi connectivity index (χ4n) is 2.16. The number of nitrogens with zero attached hydrogens (tertiary/aromatic N) is 2. The summed E-state index contributed by atoms with van der Waals surface area (Å²) in [6.45, 7) is 1.86. The van der Waals surface area contributed by atoms with Crippen molar-refractivity contribution in [1.29, 1.82) is 0 Å². The van der Waals surface area contributed by atoms with Crippen LogP contribution in [0.2, 0.25) is 0 Å². The number of aryl methyl sites for hydroxylation is 1. The molecule has 0 saturated heterocycles. The van der Waals surface area contributed by atoms with Gasteiger partial charge in [-0.25, -0.2) is 4.90 Å². The van der Waals surface area contributed by atoms with E-state index in [9.17, 15) is 9.59 Å². The fourth-order valence-corrected chi connectivity index (χ4v) is 2.63. The number of pyridine rings is 1. The van der Waals surface area contributed by atoms with E-state index in [0.29, 0.717) is 11.3 Å². The molecule has 0 atom stereocenters. The maximum atomic E-state index is 12.3. The molecule has 0 aliphatic carbocycles. The minimum atomic E-state index is -0.369. The Morgan fingerprint density at radius 2 is 1.95 bits per heavy atom. The highest BCUT2D eigenvalue weighted by Gasteiger charge is 2.38. The second-order valence-corrected chi connectivity index (χ2v) is 5.19. The quantitative estimate of drug-likeness (QED) is 0.760.